The summed E-state index contributed by atoms with van der Waals surface area (Å²) in [5.41, 5.74) is 0. The second-order valence-corrected chi connectivity index (χ2v) is 30.8. The van der Waals surface area contributed by atoms with Gasteiger partial charge in [-0.3, -0.25) is 9.59 Å². The van der Waals surface area contributed by atoms with Crippen LogP contribution in [0.5, 0.6) is 0 Å². The molecule has 0 aromatic rings. The Morgan fingerprint density at radius 3 is 0.817 bits per heavy atom. The molecule has 104 heavy (non-hydrogen) atoms. The van der Waals surface area contributed by atoms with Crippen LogP contribution in [0.4, 0.5) is 0 Å². The summed E-state index contributed by atoms with van der Waals surface area (Å²) in [5.74, 6) is -2.00. The van der Waals surface area contributed by atoms with Crippen LogP contribution in [0.25, 0.3) is 0 Å². The molecule has 2 atom stereocenters. The predicted octanol–water partition coefficient (Wildman–Crippen LogP) is 29.0. The number of aliphatic carboxylic acids is 1. The van der Waals surface area contributed by atoms with Crippen LogP contribution in [-0.2, 0) is 33.3 Å². The first kappa shape index (κ1) is 99.7. The smallest absolute Gasteiger partial charge is 0.361 e. The summed E-state index contributed by atoms with van der Waals surface area (Å²) in [7, 11) is 5.99. The van der Waals surface area contributed by atoms with Gasteiger partial charge in [-0.1, -0.05) is 424 Å². The van der Waals surface area contributed by atoms with Gasteiger partial charge < -0.3 is 28.5 Å². The van der Waals surface area contributed by atoms with Gasteiger partial charge in [0.15, 0.2) is 6.10 Å². The molecule has 0 aliphatic carbocycles. The maximum absolute atomic E-state index is 13.0. The van der Waals surface area contributed by atoms with Crippen LogP contribution in [0.1, 0.15) is 406 Å². The number of carbonyl (C=O) groups excluding carboxylic acids is 2. The molecule has 0 aliphatic rings. The van der Waals surface area contributed by atoms with Gasteiger partial charge >= 0.3 is 17.9 Å². The van der Waals surface area contributed by atoms with Crippen LogP contribution in [0.2, 0.25) is 0 Å². The number of carboxylic acid groups (broad SMARTS) is 1. The van der Waals surface area contributed by atoms with Gasteiger partial charge in [-0.15, -0.1) is 0 Å². The van der Waals surface area contributed by atoms with E-state index in [1.165, 1.54) is 263 Å². The van der Waals surface area contributed by atoms with Crippen molar-refractivity contribution in [1.29, 1.82) is 0 Å². The minimum absolute atomic E-state index is 0.182. The molecule has 0 amide bonds. The van der Waals surface area contributed by atoms with Gasteiger partial charge in [-0.05, 0) is 89.9 Å². The summed E-state index contributed by atoms with van der Waals surface area (Å²) < 4.78 is 23.1. The van der Waals surface area contributed by atoms with Crippen LogP contribution >= 0.6 is 0 Å². The van der Waals surface area contributed by atoms with Gasteiger partial charge in [-0.2, -0.15) is 0 Å². The van der Waals surface area contributed by atoms with Crippen LogP contribution in [0.3, 0.4) is 0 Å². The van der Waals surface area contributed by atoms with Gasteiger partial charge in [0, 0.05) is 12.8 Å². The van der Waals surface area contributed by atoms with Crippen molar-refractivity contribution >= 4 is 17.9 Å². The summed E-state index contributed by atoms with van der Waals surface area (Å²) in [5, 5.41) is 9.79. The fourth-order valence-electron chi connectivity index (χ4n) is 12.8. The lowest BCUT2D eigenvalue weighted by Gasteiger charge is -2.25. The Kier molecular flexibility index (Phi) is 80.8. The van der Waals surface area contributed by atoms with Crippen molar-refractivity contribution in [3.05, 3.63) is 122 Å². The molecular formula is C95H168NO8+. The van der Waals surface area contributed by atoms with E-state index in [0.717, 1.165) is 109 Å². The first-order valence-electron chi connectivity index (χ1n) is 44.2. The Morgan fingerprint density at radius 2 is 0.548 bits per heavy atom. The highest BCUT2D eigenvalue weighted by molar-refractivity contribution is 5.71. The monoisotopic (exact) mass is 1450 g/mol. The standard InChI is InChI=1S/C95H167NO8/c1-6-8-10-12-14-16-18-20-22-24-26-28-30-32-34-36-38-40-42-44-46-48-49-51-53-55-57-59-61-63-65-67-69-71-73-75-77-79-81-83-85-92(97)102-89-91(90-103-95(94(99)100)101-88-87-96(3,4)5)104-93(98)86-84-82-80-78-76-74-72-70-68-66-64-62-60-58-56-54-52-50-47-45-43-41-39-37-35-33-31-29-27-25-23-21-19-17-15-13-11-9-7-2/h9,11,15,17,21,23,27,29,33,35,39,41,45,47,52,54,58,60,64,66,91,95H,6-8,10,12-14,16,18-20,22,24-26,28,30-32,34,36-38,40,42-44,46,48-51,53,55-57,59,61-63,65,67-90H2,1-5H3/p+1/b11-9-,17-15-,23-21-,29-27-,35-33-,41-39-,47-45-,54-52-,60-58-,66-64-. The average Bonchev–Trinajstić information content (AvgIpc) is 1.13. The first-order valence-corrected chi connectivity index (χ1v) is 44.2. The number of unbranched alkanes of at least 4 members (excludes halogenated alkanes) is 47. The van der Waals surface area contributed by atoms with E-state index in [0.29, 0.717) is 23.9 Å². The summed E-state index contributed by atoms with van der Waals surface area (Å²) in [6.07, 6.45) is 118. The van der Waals surface area contributed by atoms with Crippen molar-refractivity contribution in [2.24, 2.45) is 0 Å². The third kappa shape index (κ3) is 84.9. The van der Waals surface area contributed by atoms with Crippen LogP contribution in [0.15, 0.2) is 122 Å². The number of rotatable bonds is 82. The van der Waals surface area contributed by atoms with E-state index in [1.807, 2.05) is 21.1 Å². The van der Waals surface area contributed by atoms with E-state index in [-0.39, 0.29) is 32.2 Å². The maximum atomic E-state index is 13.0. The van der Waals surface area contributed by atoms with Crippen LogP contribution in [-0.4, -0.2) is 87.4 Å². The molecule has 0 bridgehead atoms. The summed E-state index contributed by atoms with van der Waals surface area (Å²) in [6, 6.07) is 0. The number of nitrogens with zero attached hydrogens (tertiary/aromatic N) is 1. The van der Waals surface area contributed by atoms with Crippen molar-refractivity contribution in [1.82, 2.24) is 0 Å². The van der Waals surface area contributed by atoms with Gasteiger partial charge in [-0.25, -0.2) is 4.79 Å². The Bertz CT molecular complexity index is 2140. The lowest BCUT2D eigenvalue weighted by atomic mass is 10.0. The number of ether oxygens (including phenoxy) is 4. The number of carbonyl (C=O) groups is 3. The molecule has 0 rings (SSSR count). The molecule has 0 radical (unpaired) electrons. The number of esters is 2. The fourth-order valence-corrected chi connectivity index (χ4v) is 12.8. The van der Waals surface area contributed by atoms with E-state index in [2.05, 4.69) is 135 Å². The highest BCUT2D eigenvalue weighted by Crippen LogP contribution is 2.20. The molecule has 0 aromatic heterocycles. The maximum Gasteiger partial charge on any atom is 0.361 e. The minimum Gasteiger partial charge on any atom is -0.477 e. The molecule has 0 aliphatic heterocycles. The summed E-state index contributed by atoms with van der Waals surface area (Å²) in [4.78, 5) is 37.8. The fraction of sp³-hybridized carbons (Fsp3) is 0.758. The number of hydrogen-bond acceptors (Lipinski definition) is 7. The van der Waals surface area contributed by atoms with Crippen LogP contribution in [0, 0.1) is 0 Å². The van der Waals surface area contributed by atoms with E-state index in [9.17, 15) is 19.5 Å². The predicted molar refractivity (Wildman–Crippen MR) is 451 cm³/mol. The second-order valence-electron chi connectivity index (χ2n) is 30.8. The van der Waals surface area contributed by atoms with E-state index >= 15 is 0 Å². The third-order valence-corrected chi connectivity index (χ3v) is 19.5. The molecule has 0 aromatic carbocycles. The molecule has 0 spiro atoms. The number of quaternary nitrogens is 1. The molecule has 9 heteroatoms. The molecule has 0 saturated carbocycles. The largest absolute Gasteiger partial charge is 0.477 e. The Morgan fingerprint density at radius 1 is 0.298 bits per heavy atom. The zero-order chi connectivity index (χ0) is 75.3. The lowest BCUT2D eigenvalue weighted by molar-refractivity contribution is -0.870. The lowest BCUT2D eigenvalue weighted by Crippen LogP contribution is -2.40. The number of hydrogen-bond donors (Lipinski definition) is 1. The number of allylic oxidation sites excluding steroid dienone is 20. The van der Waals surface area contributed by atoms with E-state index < -0.39 is 24.3 Å². The second kappa shape index (κ2) is 84.3. The molecule has 0 fully saturated rings. The zero-order valence-electron chi connectivity index (χ0n) is 68.9. The molecule has 9 nitrogen and oxygen atoms in total. The van der Waals surface area contributed by atoms with Crippen molar-refractivity contribution in [2.75, 3.05) is 47.5 Å². The quantitative estimate of drug-likeness (QED) is 0.0211. The first-order chi connectivity index (χ1) is 51.1. The molecular weight excluding hydrogens is 1280 g/mol. The van der Waals surface area contributed by atoms with Crippen molar-refractivity contribution in [2.45, 2.75) is 418 Å². The molecule has 1 N–H and O–H groups in total. The topological polar surface area (TPSA) is 108 Å². The summed E-state index contributed by atoms with van der Waals surface area (Å²) >= 11 is 0. The summed E-state index contributed by atoms with van der Waals surface area (Å²) in [6.45, 7) is 4.80. The molecule has 0 heterocycles. The van der Waals surface area contributed by atoms with Gasteiger partial charge in [0.1, 0.15) is 13.2 Å². The van der Waals surface area contributed by atoms with Gasteiger partial charge in [0.25, 0.3) is 6.29 Å². The Labute approximate surface area is 644 Å². The highest BCUT2D eigenvalue weighted by Gasteiger charge is 2.25. The molecule has 0 saturated heterocycles. The van der Waals surface area contributed by atoms with Gasteiger partial charge in [0.05, 0.1) is 34.4 Å². The van der Waals surface area contributed by atoms with Gasteiger partial charge in [0.2, 0.25) is 0 Å². The normalized spacial score (nSPS) is 13.2. The van der Waals surface area contributed by atoms with Crippen molar-refractivity contribution in [3.8, 4) is 0 Å². The number of carboxylic acids is 1. The van der Waals surface area contributed by atoms with Crippen molar-refractivity contribution < 1.29 is 42.9 Å². The number of likely N-dealkylation sites (N-methyl/N-ethyl adjacent to an activating group) is 1. The third-order valence-electron chi connectivity index (χ3n) is 19.5. The Hall–Kier alpha value is -4.31. The van der Waals surface area contributed by atoms with E-state index in [4.69, 9.17) is 18.9 Å². The van der Waals surface area contributed by atoms with Crippen molar-refractivity contribution in [3.63, 3.8) is 0 Å². The zero-order valence-corrected chi connectivity index (χ0v) is 68.9. The highest BCUT2D eigenvalue weighted by atomic mass is 16.7. The minimum atomic E-state index is -1.52. The average molecular weight is 1450 g/mol. The molecule has 2 unspecified atom stereocenters. The SMILES string of the molecule is CC/C=C\C/C=C\C/C=C\C/C=C\C/C=C\C/C=C\C/C=C\C/C=C\C/C=C\C/C=C\CCCCCCCCCCC(=O)OC(COC(=O)CCCCCCCCCCCCCCCCCCCCCCCCCCCCCCCCCCCCCCCCCC)COC(OCC[N+](C)(C)C)C(=O)O. The Balaban J connectivity index is 4.00. The van der Waals surface area contributed by atoms with Crippen LogP contribution < -0.4 is 0 Å². The molecule has 600 valence electrons. The van der Waals surface area contributed by atoms with E-state index in [1.54, 1.807) is 0 Å².